The summed E-state index contributed by atoms with van der Waals surface area (Å²) >= 11 is 0. The molecule has 0 amide bonds. The van der Waals surface area contributed by atoms with Gasteiger partial charge in [0.25, 0.3) is 0 Å². The normalized spacial score (nSPS) is 10.4. The maximum atomic E-state index is 9.76. The zero-order valence-electron chi connectivity index (χ0n) is 18.5. The first-order valence-electron chi connectivity index (χ1n) is 10.1. The third kappa shape index (κ3) is 4.72. The van der Waals surface area contributed by atoms with Crippen molar-refractivity contribution >= 4 is 22.4 Å². The van der Waals surface area contributed by atoms with E-state index >= 15 is 0 Å². The van der Waals surface area contributed by atoms with Crippen molar-refractivity contribution in [1.82, 2.24) is 9.97 Å². The SMILES string of the molecule is COc1ccc(COc2ccc(Nc3ccc4ncc(OC)nc4c3C#N)cc2OC)cc1. The van der Waals surface area contributed by atoms with Gasteiger partial charge in [-0.15, -0.1) is 0 Å². The summed E-state index contributed by atoms with van der Waals surface area (Å²) in [7, 11) is 4.72. The molecule has 8 nitrogen and oxygen atoms in total. The highest BCUT2D eigenvalue weighted by atomic mass is 16.5. The van der Waals surface area contributed by atoms with Crippen LogP contribution in [0.3, 0.4) is 0 Å². The van der Waals surface area contributed by atoms with Crippen LogP contribution in [0.2, 0.25) is 0 Å². The molecule has 0 saturated heterocycles. The molecule has 1 heterocycles. The summed E-state index contributed by atoms with van der Waals surface area (Å²) in [6.07, 6.45) is 1.52. The lowest BCUT2D eigenvalue weighted by Crippen LogP contribution is -2.00. The van der Waals surface area contributed by atoms with Crippen LogP contribution in [-0.4, -0.2) is 31.3 Å². The largest absolute Gasteiger partial charge is 0.497 e. The maximum absolute atomic E-state index is 9.76. The molecule has 1 N–H and O–H groups in total. The third-order valence-electron chi connectivity index (χ3n) is 5.01. The standard InChI is InChI=1S/C25H22N4O4/c1-30-18-7-4-16(5-8-18)15-33-22-11-6-17(12-23(22)31-2)28-20-9-10-21-25(19(20)13-26)29-24(32-3)14-27-21/h4-12,14,28H,15H2,1-3H3. The van der Waals surface area contributed by atoms with Crippen molar-refractivity contribution in [2.45, 2.75) is 6.61 Å². The van der Waals surface area contributed by atoms with Crippen LogP contribution < -0.4 is 24.3 Å². The maximum Gasteiger partial charge on any atom is 0.232 e. The number of aromatic nitrogens is 2. The predicted octanol–water partition coefficient (Wildman–Crippen LogP) is 4.85. The van der Waals surface area contributed by atoms with E-state index < -0.39 is 0 Å². The number of methoxy groups -OCH3 is 3. The fourth-order valence-electron chi connectivity index (χ4n) is 3.28. The molecule has 0 unspecified atom stereocenters. The van der Waals surface area contributed by atoms with Crippen molar-refractivity contribution in [2.24, 2.45) is 0 Å². The molecule has 33 heavy (non-hydrogen) atoms. The Kier molecular flexibility index (Phi) is 6.41. The minimum absolute atomic E-state index is 0.344. The molecule has 0 saturated carbocycles. The Hall–Kier alpha value is -4.51. The van der Waals surface area contributed by atoms with Crippen LogP contribution >= 0.6 is 0 Å². The molecule has 0 bridgehead atoms. The lowest BCUT2D eigenvalue weighted by atomic mass is 10.1. The Morgan fingerprint density at radius 3 is 2.42 bits per heavy atom. The average Bonchev–Trinajstić information content (AvgIpc) is 2.87. The summed E-state index contributed by atoms with van der Waals surface area (Å²) in [6.45, 7) is 0.386. The first-order chi connectivity index (χ1) is 16.1. The monoisotopic (exact) mass is 442 g/mol. The summed E-state index contributed by atoms with van der Waals surface area (Å²) in [5, 5.41) is 13.0. The summed E-state index contributed by atoms with van der Waals surface area (Å²) in [4.78, 5) is 8.67. The minimum Gasteiger partial charge on any atom is -0.497 e. The molecule has 0 aliphatic heterocycles. The molecule has 3 aromatic carbocycles. The van der Waals surface area contributed by atoms with Gasteiger partial charge in [-0.25, -0.2) is 9.97 Å². The number of benzene rings is 3. The Morgan fingerprint density at radius 2 is 1.73 bits per heavy atom. The molecule has 8 heteroatoms. The van der Waals surface area contributed by atoms with Gasteiger partial charge in [0.2, 0.25) is 5.88 Å². The number of hydrogen-bond donors (Lipinski definition) is 1. The zero-order chi connectivity index (χ0) is 23.2. The molecule has 0 fully saturated rings. The smallest absolute Gasteiger partial charge is 0.232 e. The van der Waals surface area contributed by atoms with Crippen molar-refractivity contribution in [3.05, 3.63) is 71.9 Å². The van der Waals surface area contributed by atoms with E-state index in [1.165, 1.54) is 13.3 Å². The fraction of sp³-hybridized carbons (Fsp3) is 0.160. The quantitative estimate of drug-likeness (QED) is 0.413. The highest BCUT2D eigenvalue weighted by molar-refractivity contribution is 5.88. The van der Waals surface area contributed by atoms with Crippen molar-refractivity contribution in [3.63, 3.8) is 0 Å². The van der Waals surface area contributed by atoms with E-state index in [2.05, 4.69) is 21.4 Å². The van der Waals surface area contributed by atoms with Crippen molar-refractivity contribution < 1.29 is 18.9 Å². The fourth-order valence-corrected chi connectivity index (χ4v) is 3.28. The highest BCUT2D eigenvalue weighted by Crippen LogP contribution is 2.34. The molecule has 0 radical (unpaired) electrons. The van der Waals surface area contributed by atoms with Crippen molar-refractivity contribution in [3.8, 4) is 29.2 Å². The van der Waals surface area contributed by atoms with E-state index in [1.807, 2.05) is 42.5 Å². The van der Waals surface area contributed by atoms with Gasteiger partial charge < -0.3 is 24.3 Å². The second kappa shape index (κ2) is 9.75. The van der Waals surface area contributed by atoms with Gasteiger partial charge in [-0.05, 0) is 42.0 Å². The van der Waals surface area contributed by atoms with E-state index in [0.29, 0.717) is 46.3 Å². The molecule has 4 aromatic rings. The lowest BCUT2D eigenvalue weighted by molar-refractivity contribution is 0.284. The second-order valence-corrected chi connectivity index (χ2v) is 7.01. The lowest BCUT2D eigenvalue weighted by Gasteiger charge is -2.14. The molecule has 0 aliphatic carbocycles. The van der Waals surface area contributed by atoms with E-state index in [9.17, 15) is 5.26 Å². The van der Waals surface area contributed by atoms with Crippen LogP contribution in [-0.2, 0) is 6.61 Å². The number of anilines is 2. The molecular weight excluding hydrogens is 420 g/mol. The van der Waals surface area contributed by atoms with Gasteiger partial charge in [0.05, 0.1) is 38.7 Å². The van der Waals surface area contributed by atoms with E-state index in [4.69, 9.17) is 18.9 Å². The molecule has 166 valence electrons. The summed E-state index contributed by atoms with van der Waals surface area (Å²) in [5.74, 6) is 2.31. The number of fused-ring (bicyclic) bond motifs is 1. The highest BCUT2D eigenvalue weighted by Gasteiger charge is 2.13. The summed E-state index contributed by atoms with van der Waals surface area (Å²) in [6, 6.07) is 19.0. The number of hydrogen-bond acceptors (Lipinski definition) is 8. The van der Waals surface area contributed by atoms with Crippen LogP contribution in [0.15, 0.2) is 60.8 Å². The van der Waals surface area contributed by atoms with E-state index in [-0.39, 0.29) is 0 Å². The van der Waals surface area contributed by atoms with Crippen LogP contribution in [0.4, 0.5) is 11.4 Å². The van der Waals surface area contributed by atoms with Crippen molar-refractivity contribution in [1.29, 1.82) is 5.26 Å². The number of ether oxygens (including phenoxy) is 4. The first-order valence-corrected chi connectivity index (χ1v) is 10.1. The number of nitrogens with one attached hydrogen (secondary N) is 1. The predicted molar refractivity (Wildman–Crippen MR) is 124 cm³/mol. The van der Waals surface area contributed by atoms with Gasteiger partial charge in [0.15, 0.2) is 11.5 Å². The van der Waals surface area contributed by atoms with Crippen LogP contribution in [0, 0.1) is 11.3 Å². The first kappa shape index (κ1) is 21.7. The summed E-state index contributed by atoms with van der Waals surface area (Å²) in [5.41, 5.74) is 3.78. The Labute approximate surface area is 191 Å². The number of nitrogens with zero attached hydrogens (tertiary/aromatic N) is 3. The Bertz CT molecular complexity index is 1320. The van der Waals surface area contributed by atoms with E-state index in [0.717, 1.165) is 17.0 Å². The molecule has 4 rings (SSSR count). The molecule has 0 spiro atoms. The molecule has 0 aliphatic rings. The second-order valence-electron chi connectivity index (χ2n) is 7.01. The zero-order valence-corrected chi connectivity index (χ0v) is 18.5. The molecule has 0 atom stereocenters. The topological polar surface area (TPSA) is 98.5 Å². The summed E-state index contributed by atoms with van der Waals surface area (Å²) < 4.78 is 21.8. The van der Waals surface area contributed by atoms with Gasteiger partial charge in [-0.1, -0.05) is 12.1 Å². The average molecular weight is 442 g/mol. The molecule has 1 aromatic heterocycles. The third-order valence-corrected chi connectivity index (χ3v) is 5.01. The van der Waals surface area contributed by atoms with Crippen LogP contribution in [0.1, 0.15) is 11.1 Å². The number of nitriles is 1. The number of rotatable bonds is 8. The van der Waals surface area contributed by atoms with E-state index in [1.54, 1.807) is 26.4 Å². The van der Waals surface area contributed by atoms with Gasteiger partial charge >= 0.3 is 0 Å². The molecular formula is C25H22N4O4. The van der Waals surface area contributed by atoms with Crippen LogP contribution in [0.5, 0.6) is 23.1 Å². The van der Waals surface area contributed by atoms with Gasteiger partial charge in [-0.3, -0.25) is 0 Å². The van der Waals surface area contributed by atoms with Gasteiger partial charge in [0.1, 0.15) is 29.5 Å². The van der Waals surface area contributed by atoms with Crippen LogP contribution in [0.25, 0.3) is 11.0 Å². The minimum atomic E-state index is 0.344. The Morgan fingerprint density at radius 1 is 0.909 bits per heavy atom. The van der Waals surface area contributed by atoms with Gasteiger partial charge in [0, 0.05) is 11.8 Å². The Balaban J connectivity index is 1.56. The van der Waals surface area contributed by atoms with Gasteiger partial charge in [-0.2, -0.15) is 5.26 Å². The van der Waals surface area contributed by atoms with Crippen molar-refractivity contribution in [2.75, 3.05) is 26.6 Å².